The molecule has 0 aromatic carbocycles. The second-order valence-electron chi connectivity index (χ2n) is 6.76. The van der Waals surface area contributed by atoms with Crippen LogP contribution in [0.5, 0.6) is 0 Å². The van der Waals surface area contributed by atoms with Crippen LogP contribution in [0.3, 0.4) is 0 Å². The van der Waals surface area contributed by atoms with E-state index in [9.17, 15) is 8.42 Å². The minimum absolute atomic E-state index is 0.144. The molecule has 0 aromatic heterocycles. The predicted molar refractivity (Wildman–Crippen MR) is 91.1 cm³/mol. The molecule has 0 amide bonds. The topological polar surface area (TPSA) is 79.8 Å². The van der Waals surface area contributed by atoms with Gasteiger partial charge in [0.1, 0.15) is 9.84 Å². The van der Waals surface area contributed by atoms with E-state index in [0.717, 1.165) is 38.5 Å². The van der Waals surface area contributed by atoms with E-state index < -0.39 is 9.84 Å². The molecule has 1 fully saturated rings. The van der Waals surface area contributed by atoms with Gasteiger partial charge < -0.3 is 15.4 Å². The number of rotatable bonds is 8. The van der Waals surface area contributed by atoms with Crippen LogP contribution in [-0.4, -0.2) is 58.7 Å². The highest BCUT2D eigenvalue weighted by molar-refractivity contribution is 7.90. The molecule has 0 spiro atoms. The van der Waals surface area contributed by atoms with E-state index in [1.54, 1.807) is 0 Å². The monoisotopic (exact) mass is 333 g/mol. The summed E-state index contributed by atoms with van der Waals surface area (Å²) in [5.41, 5.74) is -0.144. The average Bonchev–Trinajstić information content (AvgIpc) is 2.92. The number of nitrogens with zero attached hydrogens (tertiary/aromatic N) is 1. The van der Waals surface area contributed by atoms with Gasteiger partial charge in [0.05, 0.1) is 11.9 Å². The predicted octanol–water partition coefficient (Wildman–Crippen LogP) is 1.18. The fourth-order valence-corrected chi connectivity index (χ4v) is 3.11. The molecule has 0 saturated carbocycles. The zero-order valence-electron chi connectivity index (χ0n) is 14.3. The first kappa shape index (κ1) is 19.2. The van der Waals surface area contributed by atoms with Crippen LogP contribution in [0, 0.1) is 5.41 Å². The number of hydrogen-bond donors (Lipinski definition) is 2. The Kier molecular flexibility index (Phi) is 7.62. The molecule has 1 atom stereocenters. The molecule has 1 aliphatic rings. The fourth-order valence-electron chi connectivity index (χ4n) is 2.19. The van der Waals surface area contributed by atoms with Crippen molar-refractivity contribution < 1.29 is 13.2 Å². The smallest absolute Gasteiger partial charge is 0.191 e. The zero-order chi connectivity index (χ0) is 16.6. The van der Waals surface area contributed by atoms with E-state index in [1.807, 2.05) is 20.8 Å². The molecule has 1 rings (SSSR count). The molecular weight excluding hydrogens is 302 g/mol. The van der Waals surface area contributed by atoms with Crippen molar-refractivity contribution in [2.75, 3.05) is 38.2 Å². The van der Waals surface area contributed by atoms with Gasteiger partial charge in [-0.1, -0.05) is 13.8 Å². The maximum Gasteiger partial charge on any atom is 0.191 e. The SMILES string of the molecule is CCNC(=NCC(C)(C)CCS(C)(=O)=O)NCC1CCCO1. The zero-order valence-corrected chi connectivity index (χ0v) is 15.1. The molecule has 22 heavy (non-hydrogen) atoms. The lowest BCUT2D eigenvalue weighted by atomic mass is 9.90. The normalized spacial score (nSPS) is 20.2. The summed E-state index contributed by atoms with van der Waals surface area (Å²) in [6.45, 7) is 9.10. The molecule has 1 saturated heterocycles. The van der Waals surface area contributed by atoms with Crippen molar-refractivity contribution in [3.63, 3.8) is 0 Å². The van der Waals surface area contributed by atoms with Gasteiger partial charge in [-0.3, -0.25) is 4.99 Å². The Bertz CT molecular complexity index is 455. The fraction of sp³-hybridized carbons (Fsp3) is 0.933. The molecule has 6 nitrogen and oxygen atoms in total. The molecule has 0 aliphatic carbocycles. The summed E-state index contributed by atoms with van der Waals surface area (Å²) in [5, 5.41) is 6.52. The molecule has 130 valence electrons. The van der Waals surface area contributed by atoms with Crippen LogP contribution in [0.4, 0.5) is 0 Å². The Morgan fingerprint density at radius 2 is 2.09 bits per heavy atom. The third kappa shape index (κ3) is 8.58. The van der Waals surface area contributed by atoms with Crippen LogP contribution < -0.4 is 10.6 Å². The van der Waals surface area contributed by atoms with Gasteiger partial charge in [-0.15, -0.1) is 0 Å². The maximum atomic E-state index is 11.3. The van der Waals surface area contributed by atoms with Gasteiger partial charge in [-0.2, -0.15) is 0 Å². The lowest BCUT2D eigenvalue weighted by molar-refractivity contribution is 0.113. The summed E-state index contributed by atoms with van der Waals surface area (Å²) in [7, 11) is -2.92. The van der Waals surface area contributed by atoms with Crippen LogP contribution in [0.1, 0.15) is 40.0 Å². The molecule has 1 aliphatic heterocycles. The van der Waals surface area contributed by atoms with E-state index in [-0.39, 0.29) is 17.3 Å². The van der Waals surface area contributed by atoms with Crippen LogP contribution >= 0.6 is 0 Å². The van der Waals surface area contributed by atoms with Crippen molar-refractivity contribution in [3.8, 4) is 0 Å². The summed E-state index contributed by atoms with van der Waals surface area (Å²) in [5.74, 6) is 0.973. The van der Waals surface area contributed by atoms with Crippen LogP contribution in [0.25, 0.3) is 0 Å². The molecule has 0 bridgehead atoms. The largest absolute Gasteiger partial charge is 0.376 e. The van der Waals surface area contributed by atoms with Crippen molar-refractivity contribution in [2.45, 2.75) is 46.1 Å². The highest BCUT2D eigenvalue weighted by atomic mass is 32.2. The molecule has 2 N–H and O–H groups in total. The molecular formula is C15H31N3O3S. The third-order valence-corrected chi connectivity index (χ3v) is 4.63. The first-order valence-corrected chi connectivity index (χ1v) is 10.1. The molecule has 0 aromatic rings. The third-order valence-electron chi connectivity index (χ3n) is 3.68. The Morgan fingerprint density at radius 1 is 1.36 bits per heavy atom. The second-order valence-corrected chi connectivity index (χ2v) is 9.01. The van der Waals surface area contributed by atoms with E-state index in [4.69, 9.17) is 4.74 Å². The highest BCUT2D eigenvalue weighted by Gasteiger charge is 2.20. The number of hydrogen-bond acceptors (Lipinski definition) is 4. The molecule has 0 radical (unpaired) electrons. The van der Waals surface area contributed by atoms with Crippen LogP contribution in [0.15, 0.2) is 4.99 Å². The van der Waals surface area contributed by atoms with Crippen molar-refractivity contribution in [1.82, 2.24) is 10.6 Å². The van der Waals surface area contributed by atoms with E-state index in [2.05, 4.69) is 15.6 Å². The molecule has 1 unspecified atom stereocenters. The quantitative estimate of drug-likeness (QED) is 0.515. The minimum atomic E-state index is -2.92. The van der Waals surface area contributed by atoms with E-state index >= 15 is 0 Å². The van der Waals surface area contributed by atoms with Gasteiger partial charge in [0.2, 0.25) is 0 Å². The lowest BCUT2D eigenvalue weighted by Crippen LogP contribution is -2.41. The summed E-state index contributed by atoms with van der Waals surface area (Å²) >= 11 is 0. The Hall–Kier alpha value is -0.820. The minimum Gasteiger partial charge on any atom is -0.376 e. The molecule has 1 heterocycles. The first-order valence-electron chi connectivity index (χ1n) is 8.03. The number of ether oxygens (including phenoxy) is 1. The summed E-state index contributed by atoms with van der Waals surface area (Å²) in [6.07, 6.45) is 4.37. The summed E-state index contributed by atoms with van der Waals surface area (Å²) in [4.78, 5) is 4.59. The van der Waals surface area contributed by atoms with Crippen molar-refractivity contribution in [2.24, 2.45) is 10.4 Å². The highest BCUT2D eigenvalue weighted by Crippen LogP contribution is 2.21. The Balaban J connectivity index is 2.48. The van der Waals surface area contributed by atoms with Crippen molar-refractivity contribution in [3.05, 3.63) is 0 Å². The van der Waals surface area contributed by atoms with E-state index in [0.29, 0.717) is 13.0 Å². The number of aliphatic imine (C=N–C) groups is 1. The Morgan fingerprint density at radius 3 is 2.64 bits per heavy atom. The van der Waals surface area contributed by atoms with Gasteiger partial charge in [0.15, 0.2) is 5.96 Å². The van der Waals surface area contributed by atoms with Crippen molar-refractivity contribution >= 4 is 15.8 Å². The standard InChI is InChI=1S/C15H31N3O3S/c1-5-16-14(17-11-13-7-6-9-21-13)18-12-15(2,3)8-10-22(4,19)20/h13H,5-12H2,1-4H3,(H2,16,17,18). The summed E-state index contributed by atoms with van der Waals surface area (Å²) in [6, 6.07) is 0. The van der Waals surface area contributed by atoms with Gasteiger partial charge in [-0.05, 0) is 31.6 Å². The maximum absolute atomic E-state index is 11.3. The van der Waals surface area contributed by atoms with Gasteiger partial charge >= 0.3 is 0 Å². The number of nitrogens with one attached hydrogen (secondary N) is 2. The van der Waals surface area contributed by atoms with Crippen LogP contribution in [0.2, 0.25) is 0 Å². The first-order chi connectivity index (χ1) is 10.2. The second kappa shape index (κ2) is 8.72. The summed E-state index contributed by atoms with van der Waals surface area (Å²) < 4.78 is 28.2. The Labute approximate surface area is 135 Å². The van der Waals surface area contributed by atoms with Crippen LogP contribution in [-0.2, 0) is 14.6 Å². The number of sulfone groups is 1. The van der Waals surface area contributed by atoms with Gasteiger partial charge in [0.25, 0.3) is 0 Å². The van der Waals surface area contributed by atoms with Gasteiger partial charge in [-0.25, -0.2) is 8.42 Å². The van der Waals surface area contributed by atoms with E-state index in [1.165, 1.54) is 6.26 Å². The van der Waals surface area contributed by atoms with Crippen molar-refractivity contribution in [1.29, 1.82) is 0 Å². The number of guanidine groups is 1. The molecule has 7 heteroatoms. The average molecular weight is 333 g/mol. The van der Waals surface area contributed by atoms with Gasteiger partial charge in [0, 0.05) is 32.5 Å². The lowest BCUT2D eigenvalue weighted by Gasteiger charge is -2.23.